The predicted octanol–water partition coefficient (Wildman–Crippen LogP) is -3.69. The van der Waals surface area contributed by atoms with Gasteiger partial charge >= 0.3 is 5.69 Å². The highest BCUT2D eigenvalue weighted by molar-refractivity contribution is 7.59. The minimum Gasteiger partial charge on any atom is -0.756 e. The third-order valence-electron chi connectivity index (χ3n) is 8.38. The van der Waals surface area contributed by atoms with E-state index in [1.165, 1.54) is 15.5 Å². The Bertz CT molecular complexity index is 2350. The van der Waals surface area contributed by atoms with Gasteiger partial charge in [0, 0.05) is 0 Å². The number of fused-ring (bicyclic) bond motifs is 3. The number of phosphoric ester groups is 2. The molecule has 1 aromatic carbocycles. The van der Waals surface area contributed by atoms with Crippen molar-refractivity contribution in [2.45, 2.75) is 63.2 Å². The first-order chi connectivity index (χ1) is 24.9. The van der Waals surface area contributed by atoms with E-state index in [0.717, 1.165) is 17.5 Å². The van der Waals surface area contributed by atoms with E-state index < -0.39 is 89.5 Å². The summed E-state index contributed by atoms with van der Waals surface area (Å²) in [5, 5.41) is 52.9. The van der Waals surface area contributed by atoms with Crippen LogP contribution in [0, 0.1) is 13.8 Å². The lowest BCUT2D eigenvalue weighted by Crippen LogP contribution is -2.43. The van der Waals surface area contributed by atoms with Crippen molar-refractivity contribution in [3.8, 4) is 11.5 Å². The van der Waals surface area contributed by atoms with Crippen molar-refractivity contribution in [1.82, 2.24) is 39.0 Å². The molecule has 3 aliphatic rings. The summed E-state index contributed by atoms with van der Waals surface area (Å²) in [6.45, 7) is 0.570. The van der Waals surface area contributed by atoms with E-state index in [-0.39, 0.29) is 39.5 Å². The minimum absolute atomic E-state index is 0.0151. The fourth-order valence-corrected chi connectivity index (χ4v) is 7.56. The number of aromatic amines is 1. The first kappa shape index (κ1) is 38.6. The maximum absolute atomic E-state index is 12.5. The lowest BCUT2D eigenvalue weighted by Gasteiger charge is -2.32. The Kier molecular flexibility index (Phi) is 10.6. The van der Waals surface area contributed by atoms with Crippen LogP contribution in [0.1, 0.15) is 17.4 Å². The highest BCUT2D eigenvalue weighted by atomic mass is 31.3. The van der Waals surface area contributed by atoms with Crippen molar-refractivity contribution in [1.29, 1.82) is 0 Å². The normalized spacial score (nSPS) is 23.3. The van der Waals surface area contributed by atoms with Crippen LogP contribution in [0.2, 0.25) is 0 Å². The summed E-state index contributed by atoms with van der Waals surface area (Å²) < 4.78 is 45.7. The number of imidazole rings is 1. The summed E-state index contributed by atoms with van der Waals surface area (Å²) in [5.41, 5.74) is 5.97. The van der Waals surface area contributed by atoms with Crippen molar-refractivity contribution in [2.24, 2.45) is 0 Å². The van der Waals surface area contributed by atoms with Gasteiger partial charge in [-0.25, -0.2) is 29.0 Å². The average Bonchev–Trinajstić information content (AvgIpc) is 3.63. The third kappa shape index (κ3) is 7.91. The number of aliphatic hydroxyl groups excluding tert-OH is 5. The molecule has 8 N–H and O–H groups in total. The van der Waals surface area contributed by atoms with Crippen LogP contribution in [0.15, 0.2) is 34.4 Å². The van der Waals surface area contributed by atoms with E-state index in [2.05, 4.69) is 38.3 Å². The van der Waals surface area contributed by atoms with Gasteiger partial charge in [-0.15, -0.1) is 0 Å². The standard InChI is InChI=1S/C27H33N9O15P2/c1-10-3-12-13(4-11(10)2)35(24-18(32-12)25(42)34-27(43)33-24)5-14(37)19(39)15(38)6-48-52(44,45)51-53(46,47)49-7-16-20(40)21(41)26(50-16)36-9-31-17-22(28)29-8-30-23(17)36/h3-4,8-9,14-16,19-21,26,37-41H,5-7H2,1-2H3,(H,44,45)(H,46,47)(H2,28,29,30)(H,34,42,43)/p-2. The van der Waals surface area contributed by atoms with E-state index in [9.17, 15) is 54.0 Å². The van der Waals surface area contributed by atoms with Gasteiger partial charge in [-0.2, -0.15) is 4.98 Å². The Hall–Kier alpha value is -4.13. The first-order valence-corrected chi connectivity index (χ1v) is 18.3. The molecule has 0 spiro atoms. The zero-order valence-corrected chi connectivity index (χ0v) is 29.2. The maximum atomic E-state index is 12.5. The number of nitrogen functional groups attached to an aromatic ring is 1. The number of nitrogens with two attached hydrogens (primary N) is 1. The number of benzene rings is 1. The molecule has 26 heteroatoms. The lowest BCUT2D eigenvalue weighted by atomic mass is 10.1. The maximum Gasteiger partial charge on any atom is 0.349 e. The number of anilines is 1. The van der Waals surface area contributed by atoms with Gasteiger partial charge in [0.25, 0.3) is 21.2 Å². The molecule has 0 aliphatic carbocycles. The Morgan fingerprint density at radius 2 is 1.70 bits per heavy atom. The fraction of sp³-hybridized carbons (Fsp3) is 0.444. The molecular weight excluding hydrogens is 752 g/mol. The molecule has 0 amide bonds. The van der Waals surface area contributed by atoms with E-state index >= 15 is 0 Å². The van der Waals surface area contributed by atoms with Crippen LogP contribution >= 0.6 is 15.6 Å². The van der Waals surface area contributed by atoms with Crippen LogP contribution in [0.4, 0.5) is 5.82 Å². The second-order valence-electron chi connectivity index (χ2n) is 12.0. The van der Waals surface area contributed by atoms with Gasteiger partial charge in [0.05, 0.1) is 37.1 Å². The number of ether oxygens (including phenoxy) is 1. The number of phosphoric acid groups is 2. The molecule has 9 atom stereocenters. The summed E-state index contributed by atoms with van der Waals surface area (Å²) in [4.78, 5) is 71.1. The number of nitrogens with zero attached hydrogens (tertiary/aromatic N) is 7. The molecule has 5 heterocycles. The van der Waals surface area contributed by atoms with Gasteiger partial charge in [0.2, 0.25) is 0 Å². The average molecular weight is 784 g/mol. The van der Waals surface area contributed by atoms with Gasteiger partial charge < -0.3 is 59.4 Å². The van der Waals surface area contributed by atoms with E-state index in [4.69, 9.17) is 10.5 Å². The molecule has 1 saturated heterocycles. The molecule has 0 saturated carbocycles. The molecule has 3 aromatic rings. The number of aromatic nitrogens is 8. The summed E-state index contributed by atoms with van der Waals surface area (Å²) in [6.07, 6.45) is -10.3. The summed E-state index contributed by atoms with van der Waals surface area (Å²) in [6, 6.07) is 3.27. The zero-order valence-electron chi connectivity index (χ0n) is 27.4. The molecule has 0 bridgehead atoms. The monoisotopic (exact) mass is 783 g/mol. The quantitative estimate of drug-likeness (QED) is 0.0446. The third-order valence-corrected chi connectivity index (χ3v) is 10.9. The molecule has 1 fully saturated rings. The second-order valence-corrected chi connectivity index (χ2v) is 15.0. The van der Waals surface area contributed by atoms with Crippen molar-refractivity contribution >= 4 is 43.7 Å². The van der Waals surface area contributed by atoms with Crippen molar-refractivity contribution < 1.29 is 62.5 Å². The topological polar surface area (TPSA) is 369 Å². The zero-order chi connectivity index (χ0) is 38.6. The largest absolute Gasteiger partial charge is 0.756 e. The number of hydrogen-bond acceptors (Lipinski definition) is 21. The van der Waals surface area contributed by atoms with Crippen LogP contribution in [0.3, 0.4) is 0 Å². The van der Waals surface area contributed by atoms with Crippen LogP contribution in [0.25, 0.3) is 33.7 Å². The Labute approximate surface area is 295 Å². The van der Waals surface area contributed by atoms with E-state index in [0.29, 0.717) is 0 Å². The number of aryl methyl sites for hydroxylation is 2. The van der Waals surface area contributed by atoms with Gasteiger partial charge in [-0.1, -0.05) is 0 Å². The molecule has 286 valence electrons. The van der Waals surface area contributed by atoms with Crippen molar-refractivity contribution in [3.63, 3.8) is 0 Å². The minimum atomic E-state index is -5.85. The lowest BCUT2D eigenvalue weighted by molar-refractivity contribution is -0.247. The van der Waals surface area contributed by atoms with Gasteiger partial charge in [0.1, 0.15) is 48.5 Å². The second kappa shape index (κ2) is 14.6. The molecule has 2 aromatic heterocycles. The number of rotatable bonds is 13. The molecule has 3 aliphatic heterocycles. The molecular formula is C27H31N9O15P2-2. The molecule has 6 rings (SSSR count). The predicted molar refractivity (Wildman–Crippen MR) is 172 cm³/mol. The fourth-order valence-electron chi connectivity index (χ4n) is 5.54. The highest BCUT2D eigenvalue weighted by Crippen LogP contribution is 2.56. The molecule has 9 unspecified atom stereocenters. The van der Waals surface area contributed by atoms with Gasteiger partial charge in [0.15, 0.2) is 29.2 Å². The highest BCUT2D eigenvalue weighted by Gasteiger charge is 2.45. The summed E-state index contributed by atoms with van der Waals surface area (Å²) in [7, 11) is -11.6. The number of hydrogen-bond donors (Lipinski definition) is 7. The molecule has 24 nitrogen and oxygen atoms in total. The SMILES string of the molecule is Cc1cc2nc3c(=O)[nH]c(=O)nc-3n(CC(O)C(O)C(O)COP(=O)([O-])OP(=O)([O-])OCC3OC(n4cnc5c(N)ncnc54)C(O)C3O)c2cc1C. The Balaban J connectivity index is 1.07. The van der Waals surface area contributed by atoms with Gasteiger partial charge in [-0.05, 0) is 37.1 Å². The first-order valence-electron chi connectivity index (χ1n) is 15.4. The van der Waals surface area contributed by atoms with Crippen molar-refractivity contribution in [3.05, 3.63) is 56.8 Å². The van der Waals surface area contributed by atoms with Crippen LogP contribution in [-0.2, 0) is 33.8 Å². The van der Waals surface area contributed by atoms with E-state index in [1.54, 1.807) is 26.0 Å². The molecule has 0 radical (unpaired) electrons. The Morgan fingerprint density at radius 1 is 1.00 bits per heavy atom. The van der Waals surface area contributed by atoms with Crippen molar-refractivity contribution in [2.75, 3.05) is 18.9 Å². The van der Waals surface area contributed by atoms with Crippen LogP contribution in [-0.4, -0.2) is 114 Å². The summed E-state index contributed by atoms with van der Waals surface area (Å²) >= 11 is 0. The number of aliphatic hydroxyl groups is 5. The number of nitrogens with one attached hydrogen (secondary N) is 1. The smallest absolute Gasteiger partial charge is 0.349 e. The Morgan fingerprint density at radius 3 is 2.43 bits per heavy atom. The summed E-state index contributed by atoms with van der Waals surface area (Å²) in [5.74, 6) is -0.243. The van der Waals surface area contributed by atoms with Crippen LogP contribution < -0.4 is 26.8 Å². The van der Waals surface area contributed by atoms with Gasteiger partial charge in [-0.3, -0.25) is 23.5 Å². The molecule has 53 heavy (non-hydrogen) atoms. The van der Waals surface area contributed by atoms with E-state index in [1.807, 2.05) is 4.98 Å². The van der Waals surface area contributed by atoms with Crippen LogP contribution in [0.5, 0.6) is 0 Å². The number of H-pyrrole nitrogens is 1.